The van der Waals surface area contributed by atoms with Crippen LogP contribution in [0.15, 0.2) is 91.0 Å². The van der Waals surface area contributed by atoms with Crippen LogP contribution in [0.1, 0.15) is 45.4 Å². The predicted octanol–water partition coefficient (Wildman–Crippen LogP) is 7.76. The van der Waals surface area contributed by atoms with Crippen LogP contribution in [-0.2, 0) is 25.9 Å². The minimum absolute atomic E-state index is 0. The van der Waals surface area contributed by atoms with Gasteiger partial charge in [0.15, 0.2) is 0 Å². The molecular formula is C26H31NiO6P. The van der Waals surface area contributed by atoms with Gasteiger partial charge in [0.1, 0.15) is 17.2 Å². The largest absolute Gasteiger partial charge is 0.647 e. The summed E-state index contributed by atoms with van der Waals surface area (Å²) in [7, 11) is -3.89. The van der Waals surface area contributed by atoms with Gasteiger partial charge in [0.05, 0.1) is 0 Å². The van der Waals surface area contributed by atoms with E-state index >= 15 is 0 Å². The van der Waals surface area contributed by atoms with E-state index in [1.807, 2.05) is 18.2 Å². The van der Waals surface area contributed by atoms with E-state index in [9.17, 15) is 9.36 Å². The summed E-state index contributed by atoms with van der Waals surface area (Å²) in [6, 6.07) is 26.4. The second-order valence-electron chi connectivity index (χ2n) is 7.22. The Morgan fingerprint density at radius 1 is 0.676 bits per heavy atom. The van der Waals surface area contributed by atoms with Gasteiger partial charge >= 0.3 is 13.8 Å². The van der Waals surface area contributed by atoms with Crippen molar-refractivity contribution < 1.29 is 44.5 Å². The topological polar surface area (TPSA) is 82.1 Å². The molecule has 0 aromatic heterocycles. The fourth-order valence-electron chi connectivity index (χ4n) is 2.77. The second kappa shape index (κ2) is 16.8. The number of hydrogen-bond donors (Lipinski definition) is 1. The Morgan fingerprint density at radius 3 is 1.35 bits per heavy atom. The number of carboxylic acids is 1. The number of carbonyl (C=O) groups is 1. The molecule has 0 fully saturated rings. The molecule has 3 aromatic carbocycles. The van der Waals surface area contributed by atoms with Crippen LogP contribution in [0.25, 0.3) is 0 Å². The van der Waals surface area contributed by atoms with Crippen molar-refractivity contribution in [2.24, 2.45) is 0 Å². The molecule has 0 heterocycles. The first kappa shape index (κ1) is 29.3. The number of phosphoric acid groups is 1. The smallest absolute Gasteiger partial charge is 0.481 e. The van der Waals surface area contributed by atoms with Gasteiger partial charge < -0.3 is 18.7 Å². The molecule has 0 bridgehead atoms. The van der Waals surface area contributed by atoms with Gasteiger partial charge in [-0.2, -0.15) is 4.57 Å². The Bertz CT molecular complexity index is 862. The van der Waals surface area contributed by atoms with Gasteiger partial charge in [-0.05, 0) is 42.8 Å². The molecule has 1 N–H and O–H groups in total. The van der Waals surface area contributed by atoms with Crippen LogP contribution < -0.4 is 13.6 Å². The van der Waals surface area contributed by atoms with Crippen molar-refractivity contribution in [3.05, 3.63) is 91.0 Å². The van der Waals surface area contributed by atoms with Crippen molar-refractivity contribution in [3.63, 3.8) is 0 Å². The predicted molar refractivity (Wildman–Crippen MR) is 130 cm³/mol. The van der Waals surface area contributed by atoms with E-state index in [0.717, 1.165) is 12.8 Å². The van der Waals surface area contributed by atoms with Gasteiger partial charge in [-0.15, -0.1) is 0 Å². The number of hydrogen-bond acceptors (Lipinski definition) is 5. The van der Waals surface area contributed by atoms with Crippen LogP contribution in [0.3, 0.4) is 0 Å². The van der Waals surface area contributed by atoms with E-state index in [0.29, 0.717) is 23.7 Å². The number of unbranched alkanes of at least 4 members (excludes halogenated alkanes) is 4. The Hall–Kier alpha value is -2.75. The molecule has 8 heteroatoms. The van der Waals surface area contributed by atoms with Gasteiger partial charge in [-0.1, -0.05) is 87.2 Å². The third-order valence-corrected chi connectivity index (χ3v) is 5.68. The molecule has 3 aromatic rings. The molecule has 3 rings (SSSR count). The van der Waals surface area contributed by atoms with Crippen LogP contribution in [0.5, 0.6) is 17.2 Å². The molecule has 0 aliphatic rings. The molecule has 0 saturated carbocycles. The molecule has 0 amide bonds. The summed E-state index contributed by atoms with van der Waals surface area (Å²) < 4.78 is 29.6. The average Bonchev–Trinajstić information content (AvgIpc) is 2.81. The first-order chi connectivity index (χ1) is 16.0. The van der Waals surface area contributed by atoms with Crippen molar-refractivity contribution >= 4 is 13.8 Å². The van der Waals surface area contributed by atoms with Crippen molar-refractivity contribution in [2.45, 2.75) is 45.4 Å². The zero-order valence-corrected chi connectivity index (χ0v) is 21.0. The molecule has 0 radical (unpaired) electrons. The number of para-hydroxylation sites is 3. The van der Waals surface area contributed by atoms with E-state index < -0.39 is 13.8 Å². The van der Waals surface area contributed by atoms with E-state index in [1.54, 1.807) is 72.8 Å². The standard InChI is InChI=1S/C18H15O4P.C8H16O2.Ni/c19-23(20-16-10-4-1-5-11-16,21-17-12-6-2-7-13-17)22-18-14-8-3-9-15-18;1-2-3-4-5-6-7-8(9)10;/h1-15H;2-7H2,1H3,(H,9,10);. The minimum Gasteiger partial charge on any atom is -0.481 e. The third-order valence-electron chi connectivity index (χ3n) is 4.38. The SMILES string of the molecule is CCCCCCCC(=O)O.O=P(Oc1ccccc1)(Oc1ccccc1)Oc1ccccc1.[Ni]. The summed E-state index contributed by atoms with van der Waals surface area (Å²) in [6.45, 7) is 2.15. The van der Waals surface area contributed by atoms with E-state index in [2.05, 4.69) is 6.92 Å². The van der Waals surface area contributed by atoms with Gasteiger partial charge in [-0.3, -0.25) is 4.79 Å². The Balaban J connectivity index is 0.000000450. The zero-order valence-electron chi connectivity index (χ0n) is 19.2. The normalized spacial score (nSPS) is 10.1. The van der Waals surface area contributed by atoms with Gasteiger partial charge in [0, 0.05) is 22.9 Å². The maximum Gasteiger partial charge on any atom is 0.647 e. The summed E-state index contributed by atoms with van der Waals surface area (Å²) in [5.74, 6) is 0.546. The van der Waals surface area contributed by atoms with Gasteiger partial charge in [0.25, 0.3) is 0 Å². The number of aliphatic carboxylic acids is 1. The first-order valence-corrected chi connectivity index (χ1v) is 12.5. The molecule has 0 spiro atoms. The fourth-order valence-corrected chi connectivity index (χ4v) is 4.02. The van der Waals surface area contributed by atoms with Crippen LogP contribution in [0.4, 0.5) is 0 Å². The summed E-state index contributed by atoms with van der Waals surface area (Å²) in [6.07, 6.45) is 5.88. The Labute approximate surface area is 211 Å². The third kappa shape index (κ3) is 12.5. The van der Waals surface area contributed by atoms with Crippen LogP contribution in [0, 0.1) is 0 Å². The molecule has 0 aliphatic carbocycles. The number of phosphoric ester groups is 1. The number of benzene rings is 3. The monoisotopic (exact) mass is 528 g/mol. The summed E-state index contributed by atoms with van der Waals surface area (Å²) in [5, 5.41) is 8.27. The number of carboxylic acid groups (broad SMARTS) is 1. The Morgan fingerprint density at radius 2 is 1.03 bits per heavy atom. The first-order valence-electron chi connectivity index (χ1n) is 11.1. The molecule has 34 heavy (non-hydrogen) atoms. The summed E-state index contributed by atoms with van der Waals surface area (Å²) >= 11 is 0. The number of rotatable bonds is 12. The van der Waals surface area contributed by atoms with Crippen molar-refractivity contribution in [2.75, 3.05) is 0 Å². The summed E-state index contributed by atoms with van der Waals surface area (Å²) in [4.78, 5) is 10.0. The van der Waals surface area contributed by atoms with E-state index in [1.165, 1.54) is 19.3 Å². The maximum absolute atomic E-state index is 13.1. The Kier molecular flexibility index (Phi) is 14.5. The summed E-state index contributed by atoms with van der Waals surface area (Å²) in [5.41, 5.74) is 0. The molecule has 6 nitrogen and oxygen atoms in total. The van der Waals surface area contributed by atoms with Gasteiger partial charge in [0.2, 0.25) is 0 Å². The second-order valence-corrected chi connectivity index (χ2v) is 8.66. The van der Waals surface area contributed by atoms with E-state index in [-0.39, 0.29) is 16.5 Å². The fraction of sp³-hybridized carbons (Fsp3) is 0.269. The average molecular weight is 529 g/mol. The van der Waals surface area contributed by atoms with Crippen molar-refractivity contribution in [1.82, 2.24) is 0 Å². The quantitative estimate of drug-likeness (QED) is 0.147. The van der Waals surface area contributed by atoms with Crippen LogP contribution >= 0.6 is 7.82 Å². The molecule has 0 aliphatic heterocycles. The minimum atomic E-state index is -3.89. The van der Waals surface area contributed by atoms with Gasteiger partial charge in [-0.25, -0.2) is 0 Å². The molecule has 186 valence electrons. The van der Waals surface area contributed by atoms with Crippen LogP contribution in [-0.4, -0.2) is 11.1 Å². The zero-order chi connectivity index (χ0) is 23.8. The molecule has 0 atom stereocenters. The molecular weight excluding hydrogens is 498 g/mol. The molecule has 0 unspecified atom stereocenters. The van der Waals surface area contributed by atoms with Crippen LogP contribution in [0.2, 0.25) is 0 Å². The molecule has 0 saturated heterocycles. The van der Waals surface area contributed by atoms with Crippen molar-refractivity contribution in [3.8, 4) is 17.2 Å². The van der Waals surface area contributed by atoms with E-state index in [4.69, 9.17) is 18.7 Å². The maximum atomic E-state index is 13.1. The van der Waals surface area contributed by atoms with Crippen molar-refractivity contribution in [1.29, 1.82) is 0 Å².